The van der Waals surface area contributed by atoms with Crippen molar-refractivity contribution in [3.05, 3.63) is 59.7 Å². The number of phenolic OH excluding ortho intramolecular Hbond substituents is 1. The molecule has 0 aliphatic rings. The van der Waals surface area contributed by atoms with Crippen LogP contribution in [-0.4, -0.2) is 18.4 Å². The third kappa shape index (κ3) is 3.35. The first-order valence-electron chi connectivity index (χ1n) is 6.16. The van der Waals surface area contributed by atoms with Crippen molar-refractivity contribution >= 4 is 6.21 Å². The van der Waals surface area contributed by atoms with Crippen LogP contribution in [0.25, 0.3) is 0 Å². The number of aliphatic imine (C=N–C) groups is 1. The minimum absolute atomic E-state index is 0.0329. The van der Waals surface area contributed by atoms with E-state index in [1.807, 2.05) is 43.3 Å². The van der Waals surface area contributed by atoms with Crippen LogP contribution in [0.1, 0.15) is 24.1 Å². The minimum Gasteiger partial charge on any atom is -0.507 e. The monoisotopic (exact) mass is 255 g/mol. The van der Waals surface area contributed by atoms with Crippen LogP contribution in [0.3, 0.4) is 0 Å². The second-order valence-electron chi connectivity index (χ2n) is 4.29. The molecule has 3 nitrogen and oxygen atoms in total. The highest BCUT2D eigenvalue weighted by atomic mass is 16.5. The molecule has 1 atom stereocenters. The second kappa shape index (κ2) is 6.05. The molecule has 0 bridgehead atoms. The molecule has 0 saturated carbocycles. The lowest BCUT2D eigenvalue weighted by atomic mass is 10.1. The fourth-order valence-electron chi connectivity index (χ4n) is 1.76. The van der Waals surface area contributed by atoms with E-state index in [2.05, 4.69) is 4.99 Å². The number of nitrogens with zero attached hydrogens (tertiary/aromatic N) is 1. The highest BCUT2D eigenvalue weighted by Crippen LogP contribution is 2.21. The summed E-state index contributed by atoms with van der Waals surface area (Å²) in [6, 6.07) is 15.0. The maximum absolute atomic E-state index is 9.65. The van der Waals surface area contributed by atoms with Gasteiger partial charge in [0.1, 0.15) is 11.5 Å². The van der Waals surface area contributed by atoms with E-state index in [9.17, 15) is 5.11 Å². The van der Waals surface area contributed by atoms with E-state index in [1.54, 1.807) is 25.5 Å². The van der Waals surface area contributed by atoms with Gasteiger partial charge in [-0.05, 0) is 36.8 Å². The lowest BCUT2D eigenvalue weighted by Crippen LogP contribution is -1.92. The van der Waals surface area contributed by atoms with E-state index in [0.29, 0.717) is 0 Å². The van der Waals surface area contributed by atoms with E-state index in [0.717, 1.165) is 16.9 Å². The van der Waals surface area contributed by atoms with Crippen molar-refractivity contribution in [2.45, 2.75) is 13.0 Å². The molecule has 0 spiro atoms. The first-order chi connectivity index (χ1) is 9.20. The lowest BCUT2D eigenvalue weighted by molar-refractivity contribution is 0.414. The summed E-state index contributed by atoms with van der Waals surface area (Å²) in [6.07, 6.45) is 1.70. The summed E-state index contributed by atoms with van der Waals surface area (Å²) in [6.45, 7) is 2.01. The zero-order valence-corrected chi connectivity index (χ0v) is 11.1. The van der Waals surface area contributed by atoms with E-state index < -0.39 is 0 Å². The molecule has 3 heteroatoms. The molecule has 98 valence electrons. The Balaban J connectivity index is 2.12. The van der Waals surface area contributed by atoms with Crippen molar-refractivity contribution in [2.24, 2.45) is 4.99 Å². The quantitative estimate of drug-likeness (QED) is 0.848. The fourth-order valence-corrected chi connectivity index (χ4v) is 1.76. The van der Waals surface area contributed by atoms with E-state index in [1.165, 1.54) is 0 Å². The molecule has 2 rings (SSSR count). The van der Waals surface area contributed by atoms with Gasteiger partial charge in [0, 0.05) is 11.8 Å². The number of phenols is 1. The summed E-state index contributed by atoms with van der Waals surface area (Å²) in [5.74, 6) is 1.08. The Kier molecular flexibility index (Phi) is 4.18. The van der Waals surface area contributed by atoms with Crippen molar-refractivity contribution in [2.75, 3.05) is 7.11 Å². The van der Waals surface area contributed by atoms with Gasteiger partial charge in [-0.3, -0.25) is 4.99 Å². The minimum atomic E-state index is 0.0329. The van der Waals surface area contributed by atoms with Crippen LogP contribution < -0.4 is 4.74 Å². The summed E-state index contributed by atoms with van der Waals surface area (Å²) in [5.41, 5.74) is 1.83. The molecule has 2 aromatic rings. The summed E-state index contributed by atoms with van der Waals surface area (Å²) in [4.78, 5) is 4.46. The molecule has 2 aromatic carbocycles. The Morgan fingerprint density at radius 1 is 1.11 bits per heavy atom. The molecule has 0 aromatic heterocycles. The third-order valence-electron chi connectivity index (χ3n) is 2.97. The Morgan fingerprint density at radius 2 is 1.79 bits per heavy atom. The number of ether oxygens (including phenoxy) is 1. The number of hydrogen-bond acceptors (Lipinski definition) is 3. The van der Waals surface area contributed by atoms with Gasteiger partial charge in [0.05, 0.1) is 13.2 Å². The molecular formula is C16H17NO2. The first-order valence-corrected chi connectivity index (χ1v) is 6.16. The van der Waals surface area contributed by atoms with Gasteiger partial charge in [-0.25, -0.2) is 0 Å². The Bertz CT molecular complexity index is 561. The Hall–Kier alpha value is -2.29. The van der Waals surface area contributed by atoms with Gasteiger partial charge >= 0.3 is 0 Å². The highest BCUT2D eigenvalue weighted by molar-refractivity contribution is 5.83. The van der Waals surface area contributed by atoms with Crippen LogP contribution in [0.4, 0.5) is 0 Å². The van der Waals surface area contributed by atoms with Crippen molar-refractivity contribution in [1.29, 1.82) is 0 Å². The molecule has 1 N–H and O–H groups in total. The molecule has 0 heterocycles. The molecule has 0 aliphatic heterocycles. The van der Waals surface area contributed by atoms with Crippen LogP contribution in [0, 0.1) is 0 Å². The summed E-state index contributed by atoms with van der Waals surface area (Å²) in [5, 5.41) is 9.65. The average molecular weight is 255 g/mol. The second-order valence-corrected chi connectivity index (χ2v) is 4.29. The number of hydrogen-bond donors (Lipinski definition) is 1. The number of aromatic hydroxyl groups is 1. The molecule has 0 aliphatic carbocycles. The van der Waals surface area contributed by atoms with Gasteiger partial charge < -0.3 is 9.84 Å². The lowest BCUT2D eigenvalue weighted by Gasteiger charge is -2.07. The van der Waals surface area contributed by atoms with Gasteiger partial charge in [-0.2, -0.15) is 0 Å². The van der Waals surface area contributed by atoms with Crippen LogP contribution in [0.15, 0.2) is 53.5 Å². The predicted molar refractivity (Wildman–Crippen MR) is 77.1 cm³/mol. The van der Waals surface area contributed by atoms with Crippen LogP contribution in [-0.2, 0) is 0 Å². The predicted octanol–water partition coefficient (Wildman–Crippen LogP) is 3.58. The van der Waals surface area contributed by atoms with E-state index in [4.69, 9.17) is 4.74 Å². The first kappa shape index (κ1) is 13.1. The Labute approximate surface area is 113 Å². The summed E-state index contributed by atoms with van der Waals surface area (Å²) >= 11 is 0. The van der Waals surface area contributed by atoms with Crippen molar-refractivity contribution in [3.8, 4) is 11.5 Å². The number of para-hydroxylation sites is 1. The normalized spacial score (nSPS) is 12.5. The van der Waals surface area contributed by atoms with Gasteiger partial charge in [0.2, 0.25) is 0 Å². The Morgan fingerprint density at radius 3 is 2.42 bits per heavy atom. The summed E-state index contributed by atoms with van der Waals surface area (Å²) < 4.78 is 5.12. The highest BCUT2D eigenvalue weighted by Gasteiger charge is 2.03. The summed E-state index contributed by atoms with van der Waals surface area (Å²) in [7, 11) is 1.65. The van der Waals surface area contributed by atoms with Crippen LogP contribution in [0.2, 0.25) is 0 Å². The van der Waals surface area contributed by atoms with E-state index in [-0.39, 0.29) is 11.8 Å². The third-order valence-corrected chi connectivity index (χ3v) is 2.97. The molecule has 0 radical (unpaired) electrons. The molecule has 0 amide bonds. The average Bonchev–Trinajstić information content (AvgIpc) is 2.46. The smallest absolute Gasteiger partial charge is 0.124 e. The molecular weight excluding hydrogens is 238 g/mol. The van der Waals surface area contributed by atoms with Crippen molar-refractivity contribution < 1.29 is 9.84 Å². The number of benzene rings is 2. The van der Waals surface area contributed by atoms with Crippen molar-refractivity contribution in [1.82, 2.24) is 0 Å². The maximum Gasteiger partial charge on any atom is 0.124 e. The van der Waals surface area contributed by atoms with Gasteiger partial charge in [-0.15, -0.1) is 0 Å². The molecule has 19 heavy (non-hydrogen) atoms. The SMILES string of the molecule is COc1ccc([C@H](C)N=Cc2ccccc2O)cc1. The number of rotatable bonds is 4. The standard InChI is InChI=1S/C16H17NO2/c1-12(13-7-9-15(19-2)10-8-13)17-11-14-5-3-4-6-16(14)18/h3-12,18H,1-2H3/t12-/m0/s1. The number of methoxy groups -OCH3 is 1. The van der Waals surface area contributed by atoms with Gasteiger partial charge in [-0.1, -0.05) is 24.3 Å². The zero-order valence-electron chi connectivity index (χ0n) is 11.1. The maximum atomic E-state index is 9.65. The fraction of sp³-hybridized carbons (Fsp3) is 0.188. The van der Waals surface area contributed by atoms with Gasteiger partial charge in [0.15, 0.2) is 0 Å². The van der Waals surface area contributed by atoms with Crippen LogP contribution in [0.5, 0.6) is 11.5 Å². The van der Waals surface area contributed by atoms with Crippen LogP contribution >= 0.6 is 0 Å². The molecule has 0 unspecified atom stereocenters. The molecule has 0 fully saturated rings. The van der Waals surface area contributed by atoms with Gasteiger partial charge in [0.25, 0.3) is 0 Å². The zero-order chi connectivity index (χ0) is 13.7. The van der Waals surface area contributed by atoms with E-state index >= 15 is 0 Å². The topological polar surface area (TPSA) is 41.8 Å². The largest absolute Gasteiger partial charge is 0.507 e. The molecule has 0 saturated heterocycles. The van der Waals surface area contributed by atoms with Crippen molar-refractivity contribution in [3.63, 3.8) is 0 Å².